The van der Waals surface area contributed by atoms with E-state index < -0.39 is 5.82 Å². The molecule has 0 aliphatic carbocycles. The number of benzene rings is 2. The molecular weight excluding hydrogens is 335 g/mol. The Balaban J connectivity index is 2.21. The standard InChI is InChI=1S/C14H11BrClFO2/c1-18-13-6-5-10(15)7-9(13)8-19-14-11(16)3-2-4-12(14)17/h2-7H,8H2,1H3. The zero-order valence-electron chi connectivity index (χ0n) is 10.1. The Hall–Kier alpha value is -1.26. The average Bonchev–Trinajstić information content (AvgIpc) is 2.38. The molecule has 0 atom stereocenters. The quantitative estimate of drug-likeness (QED) is 0.790. The maximum absolute atomic E-state index is 13.6. The van der Waals surface area contributed by atoms with Crippen LogP contribution in [0.5, 0.6) is 11.5 Å². The summed E-state index contributed by atoms with van der Waals surface area (Å²) in [5.41, 5.74) is 0.802. The summed E-state index contributed by atoms with van der Waals surface area (Å²) in [6, 6.07) is 9.94. The summed E-state index contributed by atoms with van der Waals surface area (Å²) in [5.74, 6) is 0.239. The molecule has 0 saturated carbocycles. The van der Waals surface area contributed by atoms with Crippen LogP contribution in [0.4, 0.5) is 4.39 Å². The Labute approximate surface area is 124 Å². The molecule has 19 heavy (non-hydrogen) atoms. The minimum Gasteiger partial charge on any atom is -0.496 e. The Kier molecular flexibility index (Phi) is 4.66. The lowest BCUT2D eigenvalue weighted by atomic mass is 10.2. The molecule has 2 aromatic carbocycles. The lowest BCUT2D eigenvalue weighted by molar-refractivity contribution is 0.283. The fourth-order valence-electron chi connectivity index (χ4n) is 1.63. The predicted octanol–water partition coefficient (Wildman–Crippen LogP) is 4.83. The molecule has 100 valence electrons. The van der Waals surface area contributed by atoms with Gasteiger partial charge in [-0.05, 0) is 30.3 Å². The largest absolute Gasteiger partial charge is 0.496 e. The van der Waals surface area contributed by atoms with E-state index in [0.717, 1.165) is 10.0 Å². The Morgan fingerprint density at radius 3 is 2.74 bits per heavy atom. The van der Waals surface area contributed by atoms with E-state index in [1.54, 1.807) is 13.2 Å². The Morgan fingerprint density at radius 1 is 1.26 bits per heavy atom. The normalized spacial score (nSPS) is 10.3. The van der Waals surface area contributed by atoms with Crippen molar-refractivity contribution in [3.63, 3.8) is 0 Å². The second-order valence-electron chi connectivity index (χ2n) is 3.80. The molecule has 0 aromatic heterocycles. The van der Waals surface area contributed by atoms with Crippen molar-refractivity contribution in [1.82, 2.24) is 0 Å². The van der Waals surface area contributed by atoms with Gasteiger partial charge in [-0.3, -0.25) is 0 Å². The molecule has 2 nitrogen and oxygen atoms in total. The van der Waals surface area contributed by atoms with Gasteiger partial charge in [-0.1, -0.05) is 33.6 Å². The SMILES string of the molecule is COc1ccc(Br)cc1COc1c(F)cccc1Cl. The van der Waals surface area contributed by atoms with Gasteiger partial charge < -0.3 is 9.47 Å². The minimum atomic E-state index is -0.485. The van der Waals surface area contributed by atoms with Gasteiger partial charge in [0.05, 0.1) is 12.1 Å². The van der Waals surface area contributed by atoms with Gasteiger partial charge >= 0.3 is 0 Å². The summed E-state index contributed by atoms with van der Waals surface area (Å²) in [7, 11) is 1.57. The zero-order valence-corrected chi connectivity index (χ0v) is 12.5. The minimum absolute atomic E-state index is 0.0474. The molecule has 2 rings (SSSR count). The van der Waals surface area contributed by atoms with Crippen LogP contribution in [0, 0.1) is 5.82 Å². The van der Waals surface area contributed by atoms with E-state index in [0.29, 0.717) is 5.75 Å². The van der Waals surface area contributed by atoms with Crippen LogP contribution < -0.4 is 9.47 Å². The van der Waals surface area contributed by atoms with Crippen LogP contribution in [0.2, 0.25) is 5.02 Å². The summed E-state index contributed by atoms with van der Waals surface area (Å²) >= 11 is 9.26. The second-order valence-corrected chi connectivity index (χ2v) is 5.12. The summed E-state index contributed by atoms with van der Waals surface area (Å²) in [6.45, 7) is 0.170. The maximum Gasteiger partial charge on any atom is 0.174 e. The van der Waals surface area contributed by atoms with Crippen molar-refractivity contribution in [3.8, 4) is 11.5 Å². The van der Waals surface area contributed by atoms with Gasteiger partial charge in [0.2, 0.25) is 0 Å². The number of rotatable bonds is 4. The molecule has 0 amide bonds. The second kappa shape index (κ2) is 6.26. The van der Waals surface area contributed by atoms with E-state index in [9.17, 15) is 4.39 Å². The van der Waals surface area contributed by atoms with Gasteiger partial charge in [0.1, 0.15) is 12.4 Å². The predicted molar refractivity (Wildman–Crippen MR) is 76.4 cm³/mol. The summed E-state index contributed by atoms with van der Waals surface area (Å²) in [5, 5.41) is 0.244. The monoisotopic (exact) mass is 344 g/mol. The summed E-state index contributed by atoms with van der Waals surface area (Å²) in [4.78, 5) is 0. The van der Waals surface area contributed by atoms with Crippen molar-refractivity contribution in [2.75, 3.05) is 7.11 Å². The Bertz CT molecular complexity index is 569. The number of hydrogen-bond donors (Lipinski definition) is 0. The van der Waals surface area contributed by atoms with Crippen molar-refractivity contribution in [2.24, 2.45) is 0 Å². The van der Waals surface area contributed by atoms with Crippen LogP contribution in [0.1, 0.15) is 5.56 Å². The first-order chi connectivity index (χ1) is 9.11. The molecule has 0 fully saturated rings. The number of methoxy groups -OCH3 is 1. The molecule has 0 aliphatic rings. The molecule has 5 heteroatoms. The van der Waals surface area contributed by atoms with Gasteiger partial charge in [-0.15, -0.1) is 0 Å². The number of ether oxygens (including phenoxy) is 2. The van der Waals surface area contributed by atoms with E-state index in [4.69, 9.17) is 21.1 Å². The average molecular weight is 346 g/mol. The van der Waals surface area contributed by atoms with Crippen LogP contribution in [0.25, 0.3) is 0 Å². The van der Waals surface area contributed by atoms with Crippen LogP contribution in [0.3, 0.4) is 0 Å². The zero-order chi connectivity index (χ0) is 13.8. The molecule has 0 unspecified atom stereocenters. The van der Waals surface area contributed by atoms with E-state index in [1.165, 1.54) is 12.1 Å². The van der Waals surface area contributed by atoms with Crippen LogP contribution in [0.15, 0.2) is 40.9 Å². The third-order valence-electron chi connectivity index (χ3n) is 2.53. The summed E-state index contributed by atoms with van der Waals surface area (Å²) < 4.78 is 25.1. The topological polar surface area (TPSA) is 18.5 Å². The van der Waals surface area contributed by atoms with E-state index >= 15 is 0 Å². The van der Waals surface area contributed by atoms with Crippen LogP contribution in [-0.4, -0.2) is 7.11 Å². The van der Waals surface area contributed by atoms with Crippen molar-refractivity contribution < 1.29 is 13.9 Å². The first-order valence-corrected chi connectivity index (χ1v) is 6.68. The van der Waals surface area contributed by atoms with Gasteiger partial charge in [0.25, 0.3) is 0 Å². The first-order valence-electron chi connectivity index (χ1n) is 5.51. The third kappa shape index (κ3) is 3.39. The molecular formula is C14H11BrClFO2. The van der Waals surface area contributed by atoms with Crippen molar-refractivity contribution in [2.45, 2.75) is 6.61 Å². The highest BCUT2D eigenvalue weighted by atomic mass is 79.9. The highest BCUT2D eigenvalue weighted by molar-refractivity contribution is 9.10. The molecule has 0 bridgehead atoms. The lowest BCUT2D eigenvalue weighted by Gasteiger charge is -2.12. The smallest absolute Gasteiger partial charge is 0.174 e. The maximum atomic E-state index is 13.6. The fourth-order valence-corrected chi connectivity index (χ4v) is 2.26. The van der Waals surface area contributed by atoms with E-state index in [1.807, 2.05) is 18.2 Å². The van der Waals surface area contributed by atoms with E-state index in [2.05, 4.69) is 15.9 Å². The summed E-state index contributed by atoms with van der Waals surface area (Å²) in [6.07, 6.45) is 0. The molecule has 2 aromatic rings. The molecule has 0 saturated heterocycles. The number of hydrogen-bond acceptors (Lipinski definition) is 2. The molecule has 0 heterocycles. The number of para-hydroxylation sites is 1. The van der Waals surface area contributed by atoms with Crippen molar-refractivity contribution in [3.05, 3.63) is 57.3 Å². The third-order valence-corrected chi connectivity index (χ3v) is 3.32. The lowest BCUT2D eigenvalue weighted by Crippen LogP contribution is -2.00. The van der Waals surface area contributed by atoms with Gasteiger partial charge in [-0.25, -0.2) is 4.39 Å². The van der Waals surface area contributed by atoms with E-state index in [-0.39, 0.29) is 17.4 Å². The molecule has 0 spiro atoms. The van der Waals surface area contributed by atoms with Crippen molar-refractivity contribution in [1.29, 1.82) is 0 Å². The van der Waals surface area contributed by atoms with Gasteiger partial charge in [0, 0.05) is 10.0 Å². The van der Waals surface area contributed by atoms with Gasteiger partial charge in [-0.2, -0.15) is 0 Å². The van der Waals surface area contributed by atoms with Crippen LogP contribution >= 0.6 is 27.5 Å². The fraction of sp³-hybridized carbons (Fsp3) is 0.143. The molecule has 0 N–H and O–H groups in total. The highest BCUT2D eigenvalue weighted by Gasteiger charge is 2.10. The number of halogens is 3. The van der Waals surface area contributed by atoms with Gasteiger partial charge in [0.15, 0.2) is 11.6 Å². The molecule has 0 aliphatic heterocycles. The van der Waals surface area contributed by atoms with Crippen LogP contribution in [-0.2, 0) is 6.61 Å². The first kappa shape index (κ1) is 14.2. The highest BCUT2D eigenvalue weighted by Crippen LogP contribution is 2.30. The Morgan fingerprint density at radius 2 is 2.05 bits per heavy atom. The molecule has 0 radical (unpaired) electrons. The van der Waals surface area contributed by atoms with Crippen molar-refractivity contribution >= 4 is 27.5 Å².